The molecule has 0 aliphatic carbocycles. The van der Waals surface area contributed by atoms with E-state index in [-0.39, 0.29) is 17.7 Å². The van der Waals surface area contributed by atoms with Crippen LogP contribution in [-0.2, 0) is 0 Å². The van der Waals surface area contributed by atoms with Gasteiger partial charge < -0.3 is 5.32 Å². The molecule has 0 aliphatic rings. The summed E-state index contributed by atoms with van der Waals surface area (Å²) in [6.45, 7) is 5.57. The van der Waals surface area contributed by atoms with Crippen LogP contribution in [0.25, 0.3) is 0 Å². The van der Waals surface area contributed by atoms with Crippen molar-refractivity contribution in [1.29, 1.82) is 0 Å². The summed E-state index contributed by atoms with van der Waals surface area (Å²) >= 11 is 3.15. The van der Waals surface area contributed by atoms with Gasteiger partial charge in [0.05, 0.1) is 0 Å². The summed E-state index contributed by atoms with van der Waals surface area (Å²) in [5.41, 5.74) is 0. The second-order valence-electron chi connectivity index (χ2n) is 3.05. The van der Waals surface area contributed by atoms with E-state index in [4.69, 9.17) is 0 Å². The van der Waals surface area contributed by atoms with E-state index in [1.807, 2.05) is 6.92 Å². The Hall–Kier alpha value is -0.900. The normalized spacial score (nSPS) is 12.2. The molecular formula is C10H12BrFN2. The molecule has 0 aliphatic heterocycles. The monoisotopic (exact) mass is 258 g/mol. The van der Waals surface area contributed by atoms with E-state index in [0.717, 1.165) is 6.42 Å². The second-order valence-corrected chi connectivity index (χ2v) is 3.97. The first-order valence-corrected chi connectivity index (χ1v) is 5.11. The van der Waals surface area contributed by atoms with Crippen molar-refractivity contribution < 1.29 is 4.39 Å². The highest BCUT2D eigenvalue weighted by atomic mass is 79.9. The molecular weight excluding hydrogens is 247 g/mol. The maximum atomic E-state index is 13.3. The van der Waals surface area contributed by atoms with Crippen LogP contribution in [0, 0.1) is 5.82 Å². The van der Waals surface area contributed by atoms with E-state index in [0.29, 0.717) is 4.47 Å². The van der Waals surface area contributed by atoms with Crippen molar-refractivity contribution in [3.8, 4) is 0 Å². The predicted octanol–water partition coefficient (Wildman–Crippen LogP) is 3.36. The fourth-order valence-corrected chi connectivity index (χ4v) is 1.37. The first-order chi connectivity index (χ1) is 6.63. The summed E-state index contributed by atoms with van der Waals surface area (Å²) in [6, 6.07) is 1.52. The van der Waals surface area contributed by atoms with Gasteiger partial charge in [0.15, 0.2) is 11.6 Å². The van der Waals surface area contributed by atoms with Gasteiger partial charge in [-0.1, -0.05) is 6.08 Å². The molecule has 1 aromatic rings. The summed E-state index contributed by atoms with van der Waals surface area (Å²) in [4.78, 5) is 3.93. The van der Waals surface area contributed by atoms with Gasteiger partial charge in [-0.05, 0) is 35.3 Å². The molecule has 0 radical (unpaired) electrons. The fraction of sp³-hybridized carbons (Fsp3) is 0.300. The van der Waals surface area contributed by atoms with Crippen molar-refractivity contribution in [3.63, 3.8) is 0 Å². The lowest BCUT2D eigenvalue weighted by atomic mass is 10.2. The zero-order valence-electron chi connectivity index (χ0n) is 7.93. The zero-order chi connectivity index (χ0) is 10.6. The van der Waals surface area contributed by atoms with Crippen LogP contribution >= 0.6 is 15.9 Å². The second kappa shape index (κ2) is 5.10. The number of nitrogens with zero attached hydrogens (tertiary/aromatic N) is 1. The standard InChI is InChI=1S/C10H12BrFN2/c1-3-4-7(2)14-10-9(12)5-8(11)6-13-10/h3,5-7H,1,4H2,2H3,(H,13,14). The molecule has 0 saturated heterocycles. The van der Waals surface area contributed by atoms with E-state index in [2.05, 4.69) is 32.8 Å². The van der Waals surface area contributed by atoms with Gasteiger partial charge in [0.2, 0.25) is 0 Å². The maximum Gasteiger partial charge on any atom is 0.166 e. The molecule has 0 bridgehead atoms. The van der Waals surface area contributed by atoms with E-state index >= 15 is 0 Å². The van der Waals surface area contributed by atoms with E-state index < -0.39 is 0 Å². The minimum atomic E-state index is -0.352. The van der Waals surface area contributed by atoms with Crippen LogP contribution in [0.4, 0.5) is 10.2 Å². The number of rotatable bonds is 4. The van der Waals surface area contributed by atoms with Crippen molar-refractivity contribution in [3.05, 3.63) is 35.2 Å². The highest BCUT2D eigenvalue weighted by Crippen LogP contribution is 2.17. The lowest BCUT2D eigenvalue weighted by Gasteiger charge is -2.12. The first-order valence-electron chi connectivity index (χ1n) is 4.32. The first kappa shape index (κ1) is 11.2. The number of nitrogens with one attached hydrogen (secondary N) is 1. The average Bonchev–Trinajstić information content (AvgIpc) is 2.10. The zero-order valence-corrected chi connectivity index (χ0v) is 9.51. The Morgan fingerprint density at radius 2 is 2.50 bits per heavy atom. The van der Waals surface area contributed by atoms with Crippen LogP contribution in [0.5, 0.6) is 0 Å². The third kappa shape index (κ3) is 3.10. The number of anilines is 1. The number of pyridine rings is 1. The van der Waals surface area contributed by atoms with E-state index in [1.54, 1.807) is 12.3 Å². The summed E-state index contributed by atoms with van der Waals surface area (Å²) in [6.07, 6.45) is 4.12. The van der Waals surface area contributed by atoms with Crippen molar-refractivity contribution in [1.82, 2.24) is 4.98 Å². The summed E-state index contributed by atoms with van der Waals surface area (Å²) in [7, 11) is 0. The van der Waals surface area contributed by atoms with Gasteiger partial charge in [-0.3, -0.25) is 0 Å². The van der Waals surface area contributed by atoms with Gasteiger partial charge >= 0.3 is 0 Å². The Balaban J connectivity index is 2.71. The molecule has 1 N–H and O–H groups in total. The summed E-state index contributed by atoms with van der Waals surface area (Å²) in [5.74, 6) is -0.0714. The van der Waals surface area contributed by atoms with Crippen LogP contribution < -0.4 is 5.32 Å². The molecule has 0 fully saturated rings. The Morgan fingerprint density at radius 3 is 3.07 bits per heavy atom. The highest BCUT2D eigenvalue weighted by molar-refractivity contribution is 9.10. The van der Waals surface area contributed by atoms with Crippen LogP contribution in [0.3, 0.4) is 0 Å². The van der Waals surface area contributed by atoms with Crippen molar-refractivity contribution in [2.75, 3.05) is 5.32 Å². The van der Waals surface area contributed by atoms with Gasteiger partial charge in [0, 0.05) is 16.7 Å². The molecule has 76 valence electrons. The Bertz CT molecular complexity index is 328. The van der Waals surface area contributed by atoms with Crippen LogP contribution in [0.1, 0.15) is 13.3 Å². The summed E-state index contributed by atoms with van der Waals surface area (Å²) in [5, 5.41) is 2.96. The largest absolute Gasteiger partial charge is 0.365 e. The van der Waals surface area contributed by atoms with E-state index in [1.165, 1.54) is 6.07 Å². The predicted molar refractivity (Wildman–Crippen MR) is 59.8 cm³/mol. The molecule has 0 amide bonds. The van der Waals surface area contributed by atoms with Crippen molar-refractivity contribution in [2.45, 2.75) is 19.4 Å². The van der Waals surface area contributed by atoms with Crippen LogP contribution in [-0.4, -0.2) is 11.0 Å². The molecule has 0 saturated carbocycles. The lowest BCUT2D eigenvalue weighted by molar-refractivity contribution is 0.619. The highest BCUT2D eigenvalue weighted by Gasteiger charge is 2.06. The third-order valence-corrected chi connectivity index (χ3v) is 2.14. The number of halogens is 2. The molecule has 2 nitrogen and oxygen atoms in total. The van der Waals surface area contributed by atoms with E-state index in [9.17, 15) is 4.39 Å². The molecule has 0 aromatic carbocycles. The average molecular weight is 259 g/mol. The fourth-order valence-electron chi connectivity index (χ4n) is 1.06. The Morgan fingerprint density at radius 1 is 1.79 bits per heavy atom. The van der Waals surface area contributed by atoms with Crippen LogP contribution in [0.15, 0.2) is 29.4 Å². The maximum absolute atomic E-state index is 13.3. The van der Waals surface area contributed by atoms with Gasteiger partial charge in [0.25, 0.3) is 0 Å². The van der Waals surface area contributed by atoms with Gasteiger partial charge in [-0.2, -0.15) is 0 Å². The van der Waals surface area contributed by atoms with Gasteiger partial charge in [0.1, 0.15) is 0 Å². The molecule has 14 heavy (non-hydrogen) atoms. The molecule has 1 unspecified atom stereocenters. The minimum Gasteiger partial charge on any atom is -0.365 e. The summed E-state index contributed by atoms with van der Waals surface area (Å²) < 4.78 is 13.9. The molecule has 1 atom stereocenters. The minimum absolute atomic E-state index is 0.135. The number of hydrogen-bond donors (Lipinski definition) is 1. The van der Waals surface area contributed by atoms with Crippen molar-refractivity contribution >= 4 is 21.7 Å². The topological polar surface area (TPSA) is 24.9 Å². The van der Waals surface area contributed by atoms with Gasteiger partial charge in [-0.15, -0.1) is 6.58 Å². The molecule has 1 heterocycles. The van der Waals surface area contributed by atoms with Crippen LogP contribution in [0.2, 0.25) is 0 Å². The quantitative estimate of drug-likeness (QED) is 0.838. The third-order valence-electron chi connectivity index (χ3n) is 1.71. The lowest BCUT2D eigenvalue weighted by Crippen LogP contribution is -2.15. The molecule has 1 rings (SSSR count). The smallest absolute Gasteiger partial charge is 0.166 e. The Kier molecular flexibility index (Phi) is 4.07. The Labute approximate surface area is 91.4 Å². The number of aromatic nitrogens is 1. The van der Waals surface area contributed by atoms with Gasteiger partial charge in [-0.25, -0.2) is 9.37 Å². The SMILES string of the molecule is C=CCC(C)Nc1ncc(Br)cc1F. The molecule has 0 spiro atoms. The molecule has 1 aromatic heterocycles. The van der Waals surface area contributed by atoms with Crippen molar-refractivity contribution in [2.24, 2.45) is 0 Å². The molecule has 4 heteroatoms. The number of hydrogen-bond acceptors (Lipinski definition) is 2.